The van der Waals surface area contributed by atoms with Crippen molar-refractivity contribution in [3.05, 3.63) is 18.1 Å². The molecule has 2 atom stereocenters. The summed E-state index contributed by atoms with van der Waals surface area (Å²) in [7, 11) is 0. The lowest BCUT2D eigenvalue weighted by Gasteiger charge is -2.42. The van der Waals surface area contributed by atoms with Crippen molar-refractivity contribution in [3.8, 4) is 0 Å². The summed E-state index contributed by atoms with van der Waals surface area (Å²) in [5.74, 6) is 0.936. The van der Waals surface area contributed by atoms with E-state index in [9.17, 15) is 5.11 Å². The van der Waals surface area contributed by atoms with E-state index in [0.29, 0.717) is 6.04 Å². The van der Waals surface area contributed by atoms with E-state index in [4.69, 9.17) is 0 Å². The van der Waals surface area contributed by atoms with Crippen LogP contribution in [0.4, 0.5) is 5.82 Å². The largest absolute Gasteiger partial charge is 0.391 e. The van der Waals surface area contributed by atoms with Gasteiger partial charge in [0.2, 0.25) is 0 Å². The second kappa shape index (κ2) is 3.70. The zero-order valence-corrected chi connectivity index (χ0v) is 9.50. The number of aliphatic hydroxyl groups excluding tert-OH is 1. The van der Waals surface area contributed by atoms with Gasteiger partial charge in [0.15, 0.2) is 0 Å². The van der Waals surface area contributed by atoms with Crippen molar-refractivity contribution < 1.29 is 5.11 Å². The highest BCUT2D eigenvalue weighted by molar-refractivity contribution is 5.42. The molecule has 2 saturated carbocycles. The molecule has 1 N–H and O–H groups in total. The minimum absolute atomic E-state index is 0.178. The van der Waals surface area contributed by atoms with Crippen molar-refractivity contribution in [1.29, 1.82) is 0 Å². The van der Waals surface area contributed by atoms with E-state index in [2.05, 4.69) is 14.9 Å². The molecule has 2 fully saturated rings. The number of hydrogen-bond donors (Lipinski definition) is 1. The Morgan fingerprint density at radius 2 is 2.06 bits per heavy atom. The van der Waals surface area contributed by atoms with E-state index in [-0.39, 0.29) is 12.1 Å². The molecule has 0 aliphatic heterocycles. The Morgan fingerprint density at radius 3 is 2.56 bits per heavy atom. The maximum Gasteiger partial charge on any atom is 0.147 e. The smallest absolute Gasteiger partial charge is 0.147 e. The van der Waals surface area contributed by atoms with Crippen molar-refractivity contribution in [2.75, 3.05) is 4.90 Å². The molecule has 0 radical (unpaired) electrons. The molecular weight excluding hydrogens is 202 g/mol. The van der Waals surface area contributed by atoms with Crippen LogP contribution in [0.15, 0.2) is 12.4 Å². The summed E-state index contributed by atoms with van der Waals surface area (Å²) >= 11 is 0. The first kappa shape index (κ1) is 10.0. The van der Waals surface area contributed by atoms with Gasteiger partial charge in [-0.05, 0) is 32.6 Å². The van der Waals surface area contributed by atoms with Crippen molar-refractivity contribution in [3.63, 3.8) is 0 Å². The summed E-state index contributed by atoms with van der Waals surface area (Å²) in [6.07, 6.45) is 7.85. The molecule has 3 rings (SSSR count). The van der Waals surface area contributed by atoms with E-state index in [0.717, 1.165) is 24.4 Å². The first-order valence-corrected chi connectivity index (χ1v) is 6.01. The Balaban J connectivity index is 1.87. The van der Waals surface area contributed by atoms with Gasteiger partial charge in [-0.1, -0.05) is 0 Å². The number of rotatable bonds is 3. The Bertz CT molecular complexity index is 392. The quantitative estimate of drug-likeness (QED) is 0.832. The molecule has 0 spiro atoms. The molecule has 86 valence electrons. The van der Waals surface area contributed by atoms with Crippen LogP contribution in [0.25, 0.3) is 0 Å². The van der Waals surface area contributed by atoms with Gasteiger partial charge in [0.25, 0.3) is 0 Å². The Kier molecular flexibility index (Phi) is 2.32. The van der Waals surface area contributed by atoms with Crippen LogP contribution in [0.3, 0.4) is 0 Å². The normalized spacial score (nSPS) is 28.6. The lowest BCUT2D eigenvalue weighted by Crippen LogP contribution is -2.52. The SMILES string of the molecule is Cc1cncc(N(C2CC2)C2CCC2O)n1. The molecule has 1 aromatic heterocycles. The molecule has 0 saturated heterocycles. The van der Waals surface area contributed by atoms with E-state index in [1.54, 1.807) is 6.20 Å². The maximum atomic E-state index is 9.80. The molecule has 4 nitrogen and oxygen atoms in total. The Labute approximate surface area is 95.3 Å². The van der Waals surface area contributed by atoms with Crippen LogP contribution in [0.2, 0.25) is 0 Å². The first-order chi connectivity index (χ1) is 7.75. The zero-order valence-electron chi connectivity index (χ0n) is 9.50. The molecule has 2 unspecified atom stereocenters. The lowest BCUT2D eigenvalue weighted by molar-refractivity contribution is 0.0633. The van der Waals surface area contributed by atoms with Gasteiger partial charge in [-0.2, -0.15) is 0 Å². The van der Waals surface area contributed by atoms with Gasteiger partial charge in [0, 0.05) is 12.2 Å². The monoisotopic (exact) mass is 219 g/mol. The number of nitrogens with zero attached hydrogens (tertiary/aromatic N) is 3. The van der Waals surface area contributed by atoms with Crippen LogP contribution >= 0.6 is 0 Å². The van der Waals surface area contributed by atoms with Crippen LogP contribution in [-0.4, -0.2) is 33.3 Å². The molecule has 1 heterocycles. The summed E-state index contributed by atoms with van der Waals surface area (Å²) in [5.41, 5.74) is 0.942. The Hall–Kier alpha value is -1.16. The van der Waals surface area contributed by atoms with Crippen molar-refractivity contribution in [2.45, 2.75) is 50.8 Å². The molecule has 1 aromatic rings. The number of aliphatic hydroxyl groups is 1. The molecule has 4 heteroatoms. The Morgan fingerprint density at radius 1 is 1.25 bits per heavy atom. The summed E-state index contributed by atoms with van der Waals surface area (Å²) in [6, 6.07) is 0.847. The second-order valence-electron chi connectivity index (χ2n) is 4.87. The lowest BCUT2D eigenvalue weighted by atomic mass is 9.87. The number of aromatic nitrogens is 2. The molecule has 2 aliphatic rings. The van der Waals surface area contributed by atoms with Crippen LogP contribution < -0.4 is 4.90 Å². The van der Waals surface area contributed by atoms with Gasteiger partial charge in [-0.15, -0.1) is 0 Å². The minimum atomic E-state index is -0.178. The highest BCUT2D eigenvalue weighted by Gasteiger charge is 2.42. The van der Waals surface area contributed by atoms with Gasteiger partial charge in [-0.3, -0.25) is 4.98 Å². The van der Waals surface area contributed by atoms with Crippen molar-refractivity contribution >= 4 is 5.82 Å². The number of hydrogen-bond acceptors (Lipinski definition) is 4. The maximum absolute atomic E-state index is 9.80. The van der Waals surface area contributed by atoms with Crippen LogP contribution in [0.5, 0.6) is 0 Å². The molecule has 16 heavy (non-hydrogen) atoms. The average molecular weight is 219 g/mol. The third-order valence-corrected chi connectivity index (χ3v) is 3.51. The number of anilines is 1. The molecule has 0 aromatic carbocycles. The standard InChI is InChI=1S/C12H17N3O/c1-8-6-13-7-12(14-8)15(9-2-3-9)10-4-5-11(10)16/h6-7,9-11,16H,2-5H2,1H3. The van der Waals surface area contributed by atoms with Crippen LogP contribution in [0, 0.1) is 6.92 Å². The van der Waals surface area contributed by atoms with E-state index in [1.807, 2.05) is 13.1 Å². The average Bonchev–Trinajstić information content (AvgIpc) is 3.07. The first-order valence-electron chi connectivity index (χ1n) is 6.01. The van der Waals surface area contributed by atoms with E-state index < -0.39 is 0 Å². The highest BCUT2D eigenvalue weighted by Crippen LogP contribution is 2.38. The molecule has 2 aliphatic carbocycles. The molecule has 0 amide bonds. The predicted octanol–water partition coefficient (Wildman–Crippen LogP) is 1.28. The third kappa shape index (κ3) is 1.67. The summed E-state index contributed by atoms with van der Waals surface area (Å²) in [5, 5.41) is 9.80. The van der Waals surface area contributed by atoms with Gasteiger partial charge in [-0.25, -0.2) is 4.98 Å². The predicted molar refractivity (Wildman–Crippen MR) is 61.3 cm³/mol. The fourth-order valence-corrected chi connectivity index (χ4v) is 2.34. The molecule has 0 bridgehead atoms. The second-order valence-corrected chi connectivity index (χ2v) is 4.87. The third-order valence-electron chi connectivity index (χ3n) is 3.51. The van der Waals surface area contributed by atoms with Gasteiger partial charge < -0.3 is 10.0 Å². The summed E-state index contributed by atoms with van der Waals surface area (Å²) in [6.45, 7) is 1.96. The van der Waals surface area contributed by atoms with E-state index >= 15 is 0 Å². The molecular formula is C12H17N3O. The van der Waals surface area contributed by atoms with Gasteiger partial charge >= 0.3 is 0 Å². The topological polar surface area (TPSA) is 49.2 Å². The number of aryl methyl sites for hydroxylation is 1. The summed E-state index contributed by atoms with van der Waals surface area (Å²) < 4.78 is 0. The van der Waals surface area contributed by atoms with Crippen molar-refractivity contribution in [2.24, 2.45) is 0 Å². The zero-order chi connectivity index (χ0) is 11.1. The van der Waals surface area contributed by atoms with E-state index in [1.165, 1.54) is 12.8 Å². The fourth-order valence-electron chi connectivity index (χ4n) is 2.34. The van der Waals surface area contributed by atoms with Crippen molar-refractivity contribution in [1.82, 2.24) is 9.97 Å². The summed E-state index contributed by atoms with van der Waals surface area (Å²) in [4.78, 5) is 11.0. The minimum Gasteiger partial charge on any atom is -0.391 e. The fraction of sp³-hybridized carbons (Fsp3) is 0.667. The van der Waals surface area contributed by atoms with Crippen LogP contribution in [0.1, 0.15) is 31.4 Å². The van der Waals surface area contributed by atoms with Gasteiger partial charge in [0.05, 0.1) is 24.0 Å². The van der Waals surface area contributed by atoms with Gasteiger partial charge in [0.1, 0.15) is 5.82 Å². The van der Waals surface area contributed by atoms with Crippen LogP contribution in [-0.2, 0) is 0 Å². The highest BCUT2D eigenvalue weighted by atomic mass is 16.3.